The third-order valence-electron chi connectivity index (χ3n) is 3.52. The summed E-state index contributed by atoms with van der Waals surface area (Å²) >= 11 is 0. The first-order valence-corrected chi connectivity index (χ1v) is 9.59. The SMILES string of the molecule is CN=C(NCCNS(=O)(=O)c1cccnc1)NCCc1ccccc1F. The molecule has 1 heterocycles. The van der Waals surface area contributed by atoms with Crippen molar-refractivity contribution >= 4 is 16.0 Å². The highest BCUT2D eigenvalue weighted by molar-refractivity contribution is 7.89. The van der Waals surface area contributed by atoms with Gasteiger partial charge in [0.15, 0.2) is 5.96 Å². The van der Waals surface area contributed by atoms with E-state index in [-0.39, 0.29) is 17.3 Å². The lowest BCUT2D eigenvalue weighted by atomic mass is 10.1. The average Bonchev–Trinajstić information content (AvgIpc) is 2.66. The Hall–Kier alpha value is -2.52. The fourth-order valence-electron chi connectivity index (χ4n) is 2.19. The molecule has 0 aliphatic rings. The van der Waals surface area contributed by atoms with Crippen LogP contribution < -0.4 is 15.4 Å². The van der Waals surface area contributed by atoms with Crippen molar-refractivity contribution in [3.63, 3.8) is 0 Å². The van der Waals surface area contributed by atoms with Crippen molar-refractivity contribution in [3.8, 4) is 0 Å². The molecule has 26 heavy (non-hydrogen) atoms. The molecule has 0 radical (unpaired) electrons. The molecule has 3 N–H and O–H groups in total. The van der Waals surface area contributed by atoms with Gasteiger partial charge in [-0.05, 0) is 30.2 Å². The van der Waals surface area contributed by atoms with Crippen molar-refractivity contribution in [1.29, 1.82) is 0 Å². The van der Waals surface area contributed by atoms with Gasteiger partial charge in [0.1, 0.15) is 10.7 Å². The molecule has 0 aliphatic heterocycles. The zero-order valence-electron chi connectivity index (χ0n) is 14.4. The molecular formula is C17H22FN5O2S. The molecule has 0 unspecified atom stereocenters. The lowest BCUT2D eigenvalue weighted by Crippen LogP contribution is -2.42. The van der Waals surface area contributed by atoms with Crippen LogP contribution in [0.5, 0.6) is 0 Å². The molecule has 140 valence electrons. The molecule has 1 aromatic heterocycles. The summed E-state index contributed by atoms with van der Waals surface area (Å²) in [4.78, 5) is 7.96. The second-order valence-corrected chi connectivity index (χ2v) is 7.12. The van der Waals surface area contributed by atoms with Crippen molar-refractivity contribution < 1.29 is 12.8 Å². The van der Waals surface area contributed by atoms with E-state index >= 15 is 0 Å². The topological polar surface area (TPSA) is 95.5 Å². The van der Waals surface area contributed by atoms with Gasteiger partial charge < -0.3 is 10.6 Å². The molecule has 0 saturated heterocycles. The predicted octanol–water partition coefficient (Wildman–Crippen LogP) is 0.907. The fraction of sp³-hybridized carbons (Fsp3) is 0.294. The highest BCUT2D eigenvalue weighted by Crippen LogP contribution is 2.06. The van der Waals surface area contributed by atoms with Crippen LogP contribution in [-0.2, 0) is 16.4 Å². The van der Waals surface area contributed by atoms with Crippen LogP contribution in [0.25, 0.3) is 0 Å². The second kappa shape index (κ2) is 9.83. The summed E-state index contributed by atoms with van der Waals surface area (Å²) in [6.07, 6.45) is 3.32. The Morgan fingerprint density at radius 1 is 1.12 bits per heavy atom. The maximum Gasteiger partial charge on any atom is 0.242 e. The number of hydrogen-bond donors (Lipinski definition) is 3. The zero-order chi connectivity index (χ0) is 18.8. The van der Waals surface area contributed by atoms with Crippen molar-refractivity contribution in [1.82, 2.24) is 20.3 Å². The Morgan fingerprint density at radius 2 is 1.88 bits per heavy atom. The van der Waals surface area contributed by atoms with E-state index in [9.17, 15) is 12.8 Å². The van der Waals surface area contributed by atoms with E-state index in [2.05, 4.69) is 25.3 Å². The number of nitrogens with zero attached hydrogens (tertiary/aromatic N) is 2. The Kier molecular flexibility index (Phi) is 7.49. The van der Waals surface area contributed by atoms with Gasteiger partial charge in [0.2, 0.25) is 10.0 Å². The minimum atomic E-state index is -3.58. The molecule has 1 aromatic carbocycles. The zero-order valence-corrected chi connectivity index (χ0v) is 15.3. The predicted molar refractivity (Wildman–Crippen MR) is 98.9 cm³/mol. The third kappa shape index (κ3) is 6.08. The van der Waals surface area contributed by atoms with Gasteiger partial charge in [-0.25, -0.2) is 17.5 Å². The average molecular weight is 379 g/mol. The molecule has 0 saturated carbocycles. The van der Waals surface area contributed by atoms with E-state index in [4.69, 9.17) is 0 Å². The van der Waals surface area contributed by atoms with Crippen LogP contribution in [-0.4, -0.2) is 46.0 Å². The molecule has 0 amide bonds. The summed E-state index contributed by atoms with van der Waals surface area (Å²) in [5.41, 5.74) is 0.625. The Morgan fingerprint density at radius 3 is 2.58 bits per heavy atom. The summed E-state index contributed by atoms with van der Waals surface area (Å²) in [6.45, 7) is 1.03. The highest BCUT2D eigenvalue weighted by atomic mass is 32.2. The Balaban J connectivity index is 1.71. The first-order valence-electron chi connectivity index (χ1n) is 8.10. The monoisotopic (exact) mass is 379 g/mol. The number of sulfonamides is 1. The van der Waals surface area contributed by atoms with Gasteiger partial charge in [-0.2, -0.15) is 0 Å². The van der Waals surface area contributed by atoms with Crippen molar-refractivity contribution in [2.75, 3.05) is 26.7 Å². The lowest BCUT2D eigenvalue weighted by molar-refractivity contribution is 0.580. The first kappa shape index (κ1) is 19.8. The van der Waals surface area contributed by atoms with E-state index in [1.807, 2.05) is 0 Å². The third-order valence-corrected chi connectivity index (χ3v) is 4.97. The molecule has 0 spiro atoms. The summed E-state index contributed by atoms with van der Waals surface area (Å²) in [6, 6.07) is 9.65. The van der Waals surface area contributed by atoms with Gasteiger partial charge in [-0.3, -0.25) is 9.98 Å². The number of aliphatic imine (C=N–C) groups is 1. The van der Waals surface area contributed by atoms with Crippen LogP contribution >= 0.6 is 0 Å². The highest BCUT2D eigenvalue weighted by Gasteiger charge is 2.12. The summed E-state index contributed by atoms with van der Waals surface area (Å²) in [5, 5.41) is 6.06. The molecule has 7 nitrogen and oxygen atoms in total. The van der Waals surface area contributed by atoms with E-state index in [1.54, 1.807) is 31.3 Å². The molecule has 2 rings (SSSR count). The van der Waals surface area contributed by atoms with Gasteiger partial charge in [0.05, 0.1) is 0 Å². The minimum absolute atomic E-state index is 0.118. The van der Waals surface area contributed by atoms with Crippen LogP contribution in [0.4, 0.5) is 4.39 Å². The number of aromatic nitrogens is 1. The first-order chi connectivity index (χ1) is 12.5. The molecule has 9 heteroatoms. The standard InChI is InChI=1S/C17H22FN5O2S/c1-19-17(21-10-8-14-5-2-3-7-16(14)18)22-11-12-23-26(24,25)15-6-4-9-20-13-15/h2-7,9,13,23H,8,10-12H2,1H3,(H2,19,21,22). The molecule has 0 fully saturated rings. The minimum Gasteiger partial charge on any atom is -0.356 e. The Bertz CT molecular complexity index is 828. The van der Waals surface area contributed by atoms with Crippen LogP contribution in [0.15, 0.2) is 58.7 Å². The van der Waals surface area contributed by atoms with Gasteiger partial charge in [0, 0.05) is 39.1 Å². The van der Waals surface area contributed by atoms with Crippen molar-refractivity contribution in [2.45, 2.75) is 11.3 Å². The van der Waals surface area contributed by atoms with Gasteiger partial charge in [-0.1, -0.05) is 18.2 Å². The number of nitrogens with one attached hydrogen (secondary N) is 3. The fourth-order valence-corrected chi connectivity index (χ4v) is 3.19. The van der Waals surface area contributed by atoms with E-state index in [1.165, 1.54) is 24.5 Å². The second-order valence-electron chi connectivity index (χ2n) is 5.35. The van der Waals surface area contributed by atoms with Crippen molar-refractivity contribution in [2.24, 2.45) is 4.99 Å². The van der Waals surface area contributed by atoms with E-state index in [0.29, 0.717) is 31.0 Å². The number of halogens is 1. The Labute approximate surface area is 152 Å². The normalized spacial score (nSPS) is 12.0. The van der Waals surface area contributed by atoms with Crippen LogP contribution in [0.1, 0.15) is 5.56 Å². The largest absolute Gasteiger partial charge is 0.356 e. The number of pyridine rings is 1. The lowest BCUT2D eigenvalue weighted by Gasteiger charge is -2.12. The van der Waals surface area contributed by atoms with Gasteiger partial charge in [-0.15, -0.1) is 0 Å². The number of guanidine groups is 1. The maximum absolute atomic E-state index is 13.6. The van der Waals surface area contributed by atoms with Crippen molar-refractivity contribution in [3.05, 3.63) is 60.2 Å². The summed E-state index contributed by atoms with van der Waals surface area (Å²) < 4.78 is 40.1. The van der Waals surface area contributed by atoms with Gasteiger partial charge in [0.25, 0.3) is 0 Å². The van der Waals surface area contributed by atoms with Crippen LogP contribution in [0.3, 0.4) is 0 Å². The molecular weight excluding hydrogens is 357 g/mol. The van der Waals surface area contributed by atoms with E-state index in [0.717, 1.165) is 0 Å². The van der Waals surface area contributed by atoms with Gasteiger partial charge >= 0.3 is 0 Å². The van der Waals surface area contributed by atoms with E-state index < -0.39 is 10.0 Å². The molecule has 0 atom stereocenters. The maximum atomic E-state index is 13.6. The number of rotatable bonds is 8. The quantitative estimate of drug-likeness (QED) is 0.360. The molecule has 0 bridgehead atoms. The number of benzene rings is 1. The smallest absolute Gasteiger partial charge is 0.242 e. The van der Waals surface area contributed by atoms with Crippen LogP contribution in [0, 0.1) is 5.82 Å². The van der Waals surface area contributed by atoms with Crippen LogP contribution in [0.2, 0.25) is 0 Å². The summed E-state index contributed by atoms with van der Waals surface area (Å²) in [5.74, 6) is 0.281. The number of hydrogen-bond acceptors (Lipinski definition) is 4. The molecule has 0 aliphatic carbocycles. The summed E-state index contributed by atoms with van der Waals surface area (Å²) in [7, 11) is -1.97. The molecule has 2 aromatic rings.